The number of aryl methyl sites for hydroxylation is 1. The number of aliphatic hydroxyl groups excluding tert-OH is 1. The fourth-order valence-corrected chi connectivity index (χ4v) is 4.78. The Morgan fingerprint density at radius 2 is 1.81 bits per heavy atom. The molecule has 0 saturated carbocycles. The first-order valence-electron chi connectivity index (χ1n) is 11.5. The number of benzene rings is 2. The maximum atomic E-state index is 13.0. The fraction of sp³-hybridized carbons (Fsp3) is 0.259. The summed E-state index contributed by atoms with van der Waals surface area (Å²) >= 11 is 7.30. The van der Waals surface area contributed by atoms with E-state index < -0.39 is 12.0 Å². The summed E-state index contributed by atoms with van der Waals surface area (Å²) in [5.74, 6) is 0.897. The molecule has 4 rings (SSSR count). The average molecular weight is 543 g/mol. The number of halogens is 1. The zero-order valence-electron chi connectivity index (χ0n) is 20.4. The van der Waals surface area contributed by atoms with Gasteiger partial charge >= 0.3 is 0 Å². The maximum Gasteiger partial charge on any atom is 0.257 e. The molecule has 10 heteroatoms. The lowest BCUT2D eigenvalue weighted by atomic mass is 10.2. The summed E-state index contributed by atoms with van der Waals surface area (Å²) in [6.07, 6.45) is 0.724. The zero-order chi connectivity index (χ0) is 26.4. The van der Waals surface area contributed by atoms with Gasteiger partial charge in [0.2, 0.25) is 5.43 Å². The van der Waals surface area contributed by atoms with Gasteiger partial charge in [-0.3, -0.25) is 9.59 Å². The van der Waals surface area contributed by atoms with Crippen LogP contribution in [0.25, 0.3) is 10.2 Å². The van der Waals surface area contributed by atoms with Gasteiger partial charge in [0.25, 0.3) is 5.91 Å². The number of aliphatic hydroxyl groups is 1. The van der Waals surface area contributed by atoms with Crippen molar-refractivity contribution in [2.75, 3.05) is 20.3 Å². The first kappa shape index (κ1) is 26.7. The predicted octanol–water partition coefficient (Wildman–Crippen LogP) is 4.15. The van der Waals surface area contributed by atoms with Crippen LogP contribution in [0.4, 0.5) is 0 Å². The van der Waals surface area contributed by atoms with Crippen molar-refractivity contribution in [2.24, 2.45) is 7.05 Å². The minimum atomic E-state index is -0.821. The molecule has 1 amide bonds. The van der Waals surface area contributed by atoms with Crippen LogP contribution in [0.5, 0.6) is 11.5 Å². The molecule has 0 aliphatic heterocycles. The molecule has 0 fully saturated rings. The minimum absolute atomic E-state index is 0.0686. The van der Waals surface area contributed by atoms with E-state index >= 15 is 0 Å². The molecule has 2 heterocycles. The normalized spacial score (nSPS) is 11.9. The Balaban J connectivity index is 1.33. The predicted molar refractivity (Wildman–Crippen MR) is 144 cm³/mol. The van der Waals surface area contributed by atoms with E-state index in [4.69, 9.17) is 25.8 Å². The van der Waals surface area contributed by atoms with Crippen LogP contribution >= 0.6 is 22.9 Å². The highest BCUT2D eigenvalue weighted by atomic mass is 35.5. The van der Waals surface area contributed by atoms with Crippen molar-refractivity contribution in [3.05, 3.63) is 92.0 Å². The van der Waals surface area contributed by atoms with Crippen LogP contribution in [0.3, 0.4) is 0 Å². The molecule has 0 spiro atoms. The van der Waals surface area contributed by atoms with E-state index in [1.807, 2.05) is 12.1 Å². The highest BCUT2D eigenvalue weighted by molar-refractivity contribution is 7.18. The topological polar surface area (TPSA) is 99.0 Å². The van der Waals surface area contributed by atoms with Crippen molar-refractivity contribution in [3.63, 3.8) is 0 Å². The average Bonchev–Trinajstić information content (AvgIpc) is 3.34. The van der Waals surface area contributed by atoms with E-state index in [2.05, 4.69) is 5.32 Å². The molecule has 8 nitrogen and oxygen atoms in total. The van der Waals surface area contributed by atoms with Gasteiger partial charge in [-0.25, -0.2) is 0 Å². The van der Waals surface area contributed by atoms with Crippen molar-refractivity contribution in [1.29, 1.82) is 0 Å². The van der Waals surface area contributed by atoms with Crippen molar-refractivity contribution in [1.82, 2.24) is 9.88 Å². The fourth-order valence-electron chi connectivity index (χ4n) is 3.63. The number of hydrogen-bond donors (Lipinski definition) is 2. The van der Waals surface area contributed by atoms with E-state index in [0.29, 0.717) is 16.2 Å². The molecule has 0 aliphatic carbocycles. The molecule has 0 bridgehead atoms. The molecular formula is C27H27ClN2O6S. The minimum Gasteiger partial charge on any atom is -0.497 e. The number of carbonyl (C=O) groups excluding carboxylic acids is 1. The number of rotatable bonds is 11. The van der Waals surface area contributed by atoms with Gasteiger partial charge < -0.3 is 29.2 Å². The zero-order valence-corrected chi connectivity index (χ0v) is 22.0. The van der Waals surface area contributed by atoms with Crippen LogP contribution in [0.1, 0.15) is 20.8 Å². The van der Waals surface area contributed by atoms with Gasteiger partial charge in [0.15, 0.2) is 0 Å². The third-order valence-electron chi connectivity index (χ3n) is 5.56. The number of ether oxygens (including phenoxy) is 3. The molecular weight excluding hydrogens is 516 g/mol. The molecule has 2 N–H and O–H groups in total. The largest absolute Gasteiger partial charge is 0.497 e. The number of aromatic nitrogens is 1. The lowest BCUT2D eigenvalue weighted by Crippen LogP contribution is -2.29. The highest BCUT2D eigenvalue weighted by Crippen LogP contribution is 2.24. The Morgan fingerprint density at radius 3 is 2.51 bits per heavy atom. The summed E-state index contributed by atoms with van der Waals surface area (Å²) < 4.78 is 18.1. The van der Waals surface area contributed by atoms with E-state index in [9.17, 15) is 14.7 Å². The van der Waals surface area contributed by atoms with Gasteiger partial charge in [0.1, 0.15) is 34.6 Å². The summed E-state index contributed by atoms with van der Waals surface area (Å²) in [7, 11) is 3.38. The van der Waals surface area contributed by atoms with Crippen LogP contribution in [0.15, 0.2) is 65.6 Å². The van der Waals surface area contributed by atoms with Crippen LogP contribution < -0.4 is 20.2 Å². The third kappa shape index (κ3) is 6.90. The van der Waals surface area contributed by atoms with Gasteiger partial charge in [-0.2, -0.15) is 0 Å². The summed E-state index contributed by atoms with van der Waals surface area (Å²) in [5, 5.41) is 14.0. The number of thiophene rings is 1. The van der Waals surface area contributed by atoms with Crippen LogP contribution in [0, 0.1) is 0 Å². The summed E-state index contributed by atoms with van der Waals surface area (Å²) in [4.78, 5) is 27.3. The third-order valence-corrected chi connectivity index (χ3v) is 7.01. The highest BCUT2D eigenvalue weighted by Gasteiger charge is 2.17. The number of amides is 1. The first-order valence-corrected chi connectivity index (χ1v) is 12.7. The molecule has 4 aromatic rings. The molecule has 0 aliphatic rings. The Bertz CT molecular complexity index is 1420. The number of hydrogen-bond acceptors (Lipinski definition) is 7. The lowest BCUT2D eigenvalue weighted by molar-refractivity contribution is 0.00626. The van der Waals surface area contributed by atoms with E-state index in [0.717, 1.165) is 21.0 Å². The Kier molecular flexibility index (Phi) is 8.83. The molecule has 0 unspecified atom stereocenters. The van der Waals surface area contributed by atoms with Gasteiger partial charge in [-0.05, 0) is 48.0 Å². The maximum absolute atomic E-state index is 13.0. The second-order valence-electron chi connectivity index (χ2n) is 8.38. The number of fused-ring (bicyclic) bond motifs is 1. The standard InChI is InChI=1S/C27H27ClN2O6S/c1-30-13-24(26(33)29-12-17-3-5-18(28)6-4-17)25(32)23-11-22(37-27(23)30)16-35-14-19(31)15-36-21-9-7-20(34-2)8-10-21/h3-11,13,19,31H,12,14-16H2,1-2H3,(H,29,33)/t19-/m1/s1. The van der Waals surface area contributed by atoms with E-state index in [1.54, 1.807) is 67.4 Å². The number of methoxy groups -OCH3 is 1. The second-order valence-corrected chi connectivity index (χ2v) is 9.93. The summed E-state index contributed by atoms with van der Waals surface area (Å²) in [6.45, 7) is 0.646. The Labute approximate surface area is 223 Å². The number of pyridine rings is 1. The first-order chi connectivity index (χ1) is 17.8. The van der Waals surface area contributed by atoms with Crippen molar-refractivity contribution < 1.29 is 24.1 Å². The smallest absolute Gasteiger partial charge is 0.257 e. The molecule has 2 aromatic carbocycles. The van der Waals surface area contributed by atoms with E-state index in [-0.39, 0.29) is 37.4 Å². The molecule has 0 radical (unpaired) electrons. The van der Waals surface area contributed by atoms with Crippen molar-refractivity contribution in [3.8, 4) is 11.5 Å². The monoisotopic (exact) mass is 542 g/mol. The number of nitrogens with one attached hydrogen (secondary N) is 1. The Hall–Kier alpha value is -3.37. The van der Waals surface area contributed by atoms with Gasteiger partial charge in [-0.15, -0.1) is 11.3 Å². The van der Waals surface area contributed by atoms with Crippen LogP contribution in [-0.4, -0.2) is 42.0 Å². The number of nitrogens with zero attached hydrogens (tertiary/aromatic N) is 1. The number of carbonyl (C=O) groups is 1. The van der Waals surface area contributed by atoms with Crippen molar-refractivity contribution >= 4 is 39.1 Å². The lowest BCUT2D eigenvalue weighted by Gasteiger charge is -2.12. The van der Waals surface area contributed by atoms with Crippen LogP contribution in [-0.2, 0) is 24.9 Å². The Morgan fingerprint density at radius 1 is 1.11 bits per heavy atom. The van der Waals surface area contributed by atoms with Gasteiger partial charge in [0, 0.05) is 29.7 Å². The molecule has 37 heavy (non-hydrogen) atoms. The van der Waals surface area contributed by atoms with Crippen LogP contribution in [0.2, 0.25) is 5.02 Å². The van der Waals surface area contributed by atoms with Gasteiger partial charge in [-0.1, -0.05) is 23.7 Å². The van der Waals surface area contributed by atoms with E-state index in [1.165, 1.54) is 11.3 Å². The summed E-state index contributed by atoms with van der Waals surface area (Å²) in [5.41, 5.74) is 0.611. The quantitative estimate of drug-likeness (QED) is 0.295. The van der Waals surface area contributed by atoms with Crippen molar-refractivity contribution in [2.45, 2.75) is 19.3 Å². The molecule has 194 valence electrons. The molecule has 0 saturated heterocycles. The second kappa shape index (κ2) is 12.2. The molecule has 2 aromatic heterocycles. The van der Waals surface area contributed by atoms with Gasteiger partial charge in [0.05, 0.1) is 25.7 Å². The molecule has 1 atom stereocenters. The summed E-state index contributed by atoms with van der Waals surface area (Å²) in [6, 6.07) is 15.9. The SMILES string of the molecule is COc1ccc(OC[C@H](O)COCc2cc3c(=O)c(C(=O)NCc4ccc(Cl)cc4)cn(C)c3s2)cc1.